The number of nitrogens with zero attached hydrogens (tertiary/aromatic N) is 2. The van der Waals surface area contributed by atoms with E-state index in [1.54, 1.807) is 6.92 Å². The first-order valence-corrected chi connectivity index (χ1v) is 6.52. The molecule has 2 N–H and O–H groups in total. The summed E-state index contributed by atoms with van der Waals surface area (Å²) in [7, 11) is 0. The summed E-state index contributed by atoms with van der Waals surface area (Å²) in [6.45, 7) is 1.60. The number of hydrogen-bond donors (Lipinski definition) is 2. The molecule has 0 aromatic carbocycles. The van der Waals surface area contributed by atoms with E-state index in [1.807, 2.05) is 0 Å². The van der Waals surface area contributed by atoms with Crippen molar-refractivity contribution < 1.29 is 24.3 Å². The van der Waals surface area contributed by atoms with Crippen LogP contribution in [-0.2, 0) is 14.4 Å². The number of carbonyl (C=O) groups is 4. The predicted molar refractivity (Wildman–Crippen MR) is 66.6 cm³/mol. The molecule has 8 nitrogen and oxygen atoms in total. The number of nitrogens with one attached hydrogen (secondary N) is 1. The van der Waals surface area contributed by atoms with Gasteiger partial charge < -0.3 is 15.3 Å². The highest BCUT2D eigenvalue weighted by Gasteiger charge is 2.39. The van der Waals surface area contributed by atoms with Crippen molar-refractivity contribution in [3.63, 3.8) is 0 Å². The van der Waals surface area contributed by atoms with Crippen LogP contribution < -0.4 is 5.32 Å². The van der Waals surface area contributed by atoms with Crippen LogP contribution in [0.4, 0.5) is 4.79 Å². The lowest BCUT2D eigenvalue weighted by Gasteiger charge is -2.37. The maximum atomic E-state index is 12.2. The number of piperidine rings is 1. The van der Waals surface area contributed by atoms with Crippen LogP contribution >= 0.6 is 0 Å². The molecule has 2 fully saturated rings. The van der Waals surface area contributed by atoms with Gasteiger partial charge in [-0.15, -0.1) is 0 Å². The zero-order valence-corrected chi connectivity index (χ0v) is 11.2. The van der Waals surface area contributed by atoms with Crippen LogP contribution in [-0.4, -0.2) is 64.4 Å². The lowest BCUT2D eigenvalue weighted by atomic mass is 9.90. The molecule has 0 spiro atoms. The van der Waals surface area contributed by atoms with Crippen LogP contribution in [0, 0.1) is 5.92 Å². The van der Waals surface area contributed by atoms with Gasteiger partial charge in [-0.05, 0) is 18.8 Å². The quantitative estimate of drug-likeness (QED) is 0.663. The molecule has 8 heteroatoms. The van der Waals surface area contributed by atoms with Crippen molar-refractivity contribution in [2.75, 3.05) is 19.6 Å². The predicted octanol–water partition coefficient (Wildman–Crippen LogP) is -0.750. The molecular weight excluding hydrogens is 266 g/mol. The summed E-state index contributed by atoms with van der Waals surface area (Å²) in [6, 6.07) is -1.50. The second kappa shape index (κ2) is 5.48. The summed E-state index contributed by atoms with van der Waals surface area (Å²) in [5, 5.41) is 11.6. The van der Waals surface area contributed by atoms with Gasteiger partial charge in [-0.25, -0.2) is 9.59 Å². The number of rotatable bonds is 3. The summed E-state index contributed by atoms with van der Waals surface area (Å²) in [4.78, 5) is 48.4. The summed E-state index contributed by atoms with van der Waals surface area (Å²) >= 11 is 0. The van der Waals surface area contributed by atoms with E-state index >= 15 is 0 Å². The van der Waals surface area contributed by atoms with E-state index in [4.69, 9.17) is 0 Å². The molecule has 2 heterocycles. The molecule has 110 valence electrons. The molecule has 0 aliphatic carbocycles. The third-order valence-electron chi connectivity index (χ3n) is 3.74. The van der Waals surface area contributed by atoms with Crippen molar-refractivity contribution in [2.45, 2.75) is 25.8 Å². The molecule has 0 aromatic rings. The zero-order chi connectivity index (χ0) is 14.9. The fourth-order valence-electron chi connectivity index (χ4n) is 2.69. The Morgan fingerprint density at radius 2 is 2.10 bits per heavy atom. The van der Waals surface area contributed by atoms with Crippen LogP contribution in [0.2, 0.25) is 0 Å². The topological polar surface area (TPSA) is 107 Å². The van der Waals surface area contributed by atoms with E-state index in [9.17, 15) is 24.3 Å². The van der Waals surface area contributed by atoms with Crippen LogP contribution in [0.1, 0.15) is 19.8 Å². The van der Waals surface area contributed by atoms with Crippen LogP contribution in [0.15, 0.2) is 0 Å². The molecule has 2 unspecified atom stereocenters. The molecule has 0 radical (unpaired) electrons. The van der Waals surface area contributed by atoms with Gasteiger partial charge in [0, 0.05) is 6.54 Å². The standard InChI is InChI=1S/C12H17N3O5/c1-7-3-2-4-14(10(7)11(18)19)9(17)6-15-8(16)5-13-12(15)20/h7,10H,2-6H2,1H3,(H,13,20)(H,18,19). The fraction of sp³-hybridized carbons (Fsp3) is 0.667. The van der Waals surface area contributed by atoms with Crippen molar-refractivity contribution in [1.82, 2.24) is 15.1 Å². The highest BCUT2D eigenvalue weighted by Crippen LogP contribution is 2.23. The van der Waals surface area contributed by atoms with Crippen molar-refractivity contribution in [2.24, 2.45) is 5.92 Å². The number of carboxylic acids is 1. The van der Waals surface area contributed by atoms with Crippen molar-refractivity contribution in [1.29, 1.82) is 0 Å². The Bertz CT molecular complexity index is 448. The van der Waals surface area contributed by atoms with Gasteiger partial charge in [0.25, 0.3) is 5.91 Å². The molecule has 0 saturated carbocycles. The van der Waals surface area contributed by atoms with Crippen LogP contribution in [0.25, 0.3) is 0 Å². The zero-order valence-electron chi connectivity index (χ0n) is 11.2. The van der Waals surface area contributed by atoms with E-state index in [1.165, 1.54) is 4.90 Å². The second-order valence-corrected chi connectivity index (χ2v) is 5.13. The second-order valence-electron chi connectivity index (χ2n) is 5.13. The normalized spacial score (nSPS) is 26.6. The Balaban J connectivity index is 2.08. The van der Waals surface area contributed by atoms with Crippen molar-refractivity contribution in [3.05, 3.63) is 0 Å². The first-order chi connectivity index (χ1) is 9.41. The Hall–Kier alpha value is -2.12. The van der Waals surface area contributed by atoms with E-state index in [2.05, 4.69) is 5.32 Å². The number of imide groups is 1. The summed E-state index contributed by atoms with van der Waals surface area (Å²) in [5.74, 6) is -2.18. The first-order valence-electron chi connectivity index (χ1n) is 6.52. The molecule has 2 aliphatic heterocycles. The average Bonchev–Trinajstić information content (AvgIpc) is 2.69. The smallest absolute Gasteiger partial charge is 0.326 e. The average molecular weight is 283 g/mol. The highest BCUT2D eigenvalue weighted by atomic mass is 16.4. The molecule has 4 amide bonds. The molecule has 2 rings (SSSR count). The van der Waals surface area contributed by atoms with Crippen molar-refractivity contribution in [3.8, 4) is 0 Å². The number of urea groups is 1. The molecule has 2 atom stereocenters. The summed E-state index contributed by atoms with van der Waals surface area (Å²) < 4.78 is 0. The van der Waals surface area contributed by atoms with Crippen LogP contribution in [0.5, 0.6) is 0 Å². The third-order valence-corrected chi connectivity index (χ3v) is 3.74. The van der Waals surface area contributed by atoms with Gasteiger partial charge in [-0.3, -0.25) is 14.5 Å². The summed E-state index contributed by atoms with van der Waals surface area (Å²) in [6.07, 6.45) is 1.46. The third kappa shape index (κ3) is 2.59. The number of carboxylic acid groups (broad SMARTS) is 1. The molecule has 0 bridgehead atoms. The Morgan fingerprint density at radius 1 is 1.40 bits per heavy atom. The van der Waals surface area contributed by atoms with Gasteiger partial charge in [0.2, 0.25) is 5.91 Å². The van der Waals surface area contributed by atoms with Gasteiger partial charge in [0.1, 0.15) is 12.6 Å². The van der Waals surface area contributed by atoms with Crippen LogP contribution in [0.3, 0.4) is 0 Å². The number of amides is 4. The Kier molecular flexibility index (Phi) is 3.91. The van der Waals surface area contributed by atoms with Gasteiger partial charge in [-0.2, -0.15) is 0 Å². The molecule has 2 saturated heterocycles. The van der Waals surface area contributed by atoms with Gasteiger partial charge >= 0.3 is 12.0 Å². The van der Waals surface area contributed by atoms with E-state index < -0.39 is 36.4 Å². The van der Waals surface area contributed by atoms with Gasteiger partial charge in [0.05, 0.1) is 6.54 Å². The number of hydrogen-bond acceptors (Lipinski definition) is 4. The molecular formula is C12H17N3O5. The minimum absolute atomic E-state index is 0.120. The van der Waals surface area contributed by atoms with E-state index in [-0.39, 0.29) is 12.5 Å². The molecule has 20 heavy (non-hydrogen) atoms. The largest absolute Gasteiger partial charge is 0.480 e. The fourth-order valence-corrected chi connectivity index (χ4v) is 2.69. The summed E-state index contributed by atoms with van der Waals surface area (Å²) in [5.41, 5.74) is 0. The number of carbonyl (C=O) groups excluding carboxylic acids is 3. The maximum Gasteiger partial charge on any atom is 0.326 e. The Labute approximate surface area is 115 Å². The number of likely N-dealkylation sites (tertiary alicyclic amines) is 1. The highest BCUT2D eigenvalue weighted by molar-refractivity contribution is 6.04. The SMILES string of the molecule is CC1CCCN(C(=O)CN2C(=O)CNC2=O)C1C(=O)O. The van der Waals surface area contributed by atoms with E-state index in [0.717, 1.165) is 17.7 Å². The lowest BCUT2D eigenvalue weighted by Crippen LogP contribution is -2.54. The van der Waals surface area contributed by atoms with E-state index in [0.29, 0.717) is 6.54 Å². The lowest BCUT2D eigenvalue weighted by molar-refractivity contribution is -0.155. The number of aliphatic carboxylic acids is 1. The maximum absolute atomic E-state index is 12.2. The minimum atomic E-state index is -1.05. The molecule has 0 aromatic heterocycles. The van der Waals surface area contributed by atoms with Gasteiger partial charge in [-0.1, -0.05) is 6.92 Å². The van der Waals surface area contributed by atoms with Crippen molar-refractivity contribution >= 4 is 23.8 Å². The monoisotopic (exact) mass is 283 g/mol. The minimum Gasteiger partial charge on any atom is -0.480 e. The Morgan fingerprint density at radius 3 is 2.65 bits per heavy atom. The molecule has 2 aliphatic rings. The first kappa shape index (κ1) is 14.3. The van der Waals surface area contributed by atoms with Gasteiger partial charge in [0.15, 0.2) is 0 Å².